The highest BCUT2D eigenvalue weighted by Gasteiger charge is 2.44. The molecule has 2 aliphatic rings. The van der Waals surface area contributed by atoms with Crippen molar-refractivity contribution in [3.63, 3.8) is 0 Å². The molecule has 1 saturated heterocycles. The second kappa shape index (κ2) is 4.21. The van der Waals surface area contributed by atoms with Gasteiger partial charge in [-0.05, 0) is 13.0 Å². The van der Waals surface area contributed by atoms with Gasteiger partial charge in [0.1, 0.15) is 11.4 Å². The lowest BCUT2D eigenvalue weighted by Crippen LogP contribution is -2.48. The van der Waals surface area contributed by atoms with E-state index in [1.807, 2.05) is 19.1 Å². The molecule has 2 N–H and O–H groups in total. The summed E-state index contributed by atoms with van der Waals surface area (Å²) in [6, 6.07) is 5.95. The average molecular weight is 281 g/mol. The minimum absolute atomic E-state index is 0.0653. The Kier molecular flexibility index (Phi) is 2.87. The third kappa shape index (κ3) is 2.37. The predicted molar refractivity (Wildman–Crippen MR) is 74.0 cm³/mol. The van der Waals surface area contributed by atoms with Gasteiger partial charge in [0.05, 0.1) is 11.5 Å². The molecule has 0 aromatic heterocycles. The van der Waals surface area contributed by atoms with Crippen molar-refractivity contribution in [1.82, 2.24) is 0 Å². The van der Waals surface area contributed by atoms with Crippen LogP contribution in [-0.2, 0) is 9.84 Å². The van der Waals surface area contributed by atoms with Crippen molar-refractivity contribution in [2.45, 2.75) is 37.8 Å². The molecule has 0 amide bonds. The van der Waals surface area contributed by atoms with Gasteiger partial charge in [-0.2, -0.15) is 0 Å². The minimum Gasteiger partial charge on any atom is -0.487 e. The summed E-state index contributed by atoms with van der Waals surface area (Å²) in [5, 5.41) is 0. The quantitative estimate of drug-likeness (QED) is 0.786. The second-order valence-electron chi connectivity index (χ2n) is 5.79. The number of ether oxygens (including phenoxy) is 1. The Morgan fingerprint density at radius 2 is 2.00 bits per heavy atom. The normalized spacial score (nSPS) is 27.6. The van der Waals surface area contributed by atoms with Crippen molar-refractivity contribution >= 4 is 9.84 Å². The number of rotatable bonds is 0. The van der Waals surface area contributed by atoms with E-state index in [1.54, 1.807) is 0 Å². The molecule has 2 heterocycles. The van der Waals surface area contributed by atoms with Crippen LogP contribution in [0.3, 0.4) is 0 Å². The maximum absolute atomic E-state index is 11.6. The van der Waals surface area contributed by atoms with Gasteiger partial charge >= 0.3 is 0 Å². The molecule has 3 rings (SSSR count). The van der Waals surface area contributed by atoms with Crippen LogP contribution in [0.2, 0.25) is 0 Å². The van der Waals surface area contributed by atoms with E-state index in [-0.39, 0.29) is 23.1 Å². The second-order valence-corrected chi connectivity index (χ2v) is 8.09. The van der Waals surface area contributed by atoms with Crippen molar-refractivity contribution in [2.24, 2.45) is 5.73 Å². The Bertz CT molecular complexity index is 595. The van der Waals surface area contributed by atoms with Crippen molar-refractivity contribution in [2.75, 3.05) is 11.5 Å². The van der Waals surface area contributed by atoms with Crippen molar-refractivity contribution in [1.29, 1.82) is 0 Å². The maximum Gasteiger partial charge on any atom is 0.150 e. The van der Waals surface area contributed by atoms with Crippen LogP contribution in [-0.4, -0.2) is 25.5 Å². The number of aryl methyl sites for hydroxylation is 1. The van der Waals surface area contributed by atoms with Gasteiger partial charge in [-0.25, -0.2) is 8.42 Å². The third-order valence-electron chi connectivity index (χ3n) is 4.22. The van der Waals surface area contributed by atoms with Crippen molar-refractivity contribution < 1.29 is 13.2 Å². The molecule has 1 atom stereocenters. The zero-order valence-electron chi connectivity index (χ0n) is 11.1. The van der Waals surface area contributed by atoms with E-state index in [4.69, 9.17) is 10.5 Å². The van der Waals surface area contributed by atoms with E-state index >= 15 is 0 Å². The zero-order chi connectivity index (χ0) is 13.7. The van der Waals surface area contributed by atoms with Crippen molar-refractivity contribution in [3.8, 4) is 5.75 Å². The standard InChI is InChI=1S/C14H19NO3S/c1-10-2-3-13-11(8-10)12(15)9-14(18-13)4-6-19(16,17)7-5-14/h2-3,8,12H,4-7,9,15H2,1H3/t12-/m1/s1. The van der Waals surface area contributed by atoms with E-state index in [1.165, 1.54) is 5.56 Å². The van der Waals surface area contributed by atoms with E-state index in [9.17, 15) is 8.42 Å². The zero-order valence-corrected chi connectivity index (χ0v) is 11.9. The van der Waals surface area contributed by atoms with Gasteiger partial charge in [0, 0.05) is 30.9 Å². The molecule has 1 fully saturated rings. The molecule has 0 saturated carbocycles. The molecule has 0 bridgehead atoms. The van der Waals surface area contributed by atoms with Gasteiger partial charge < -0.3 is 10.5 Å². The van der Waals surface area contributed by atoms with Gasteiger partial charge in [0.15, 0.2) is 9.84 Å². The highest BCUT2D eigenvalue weighted by Crippen LogP contribution is 2.43. The third-order valence-corrected chi connectivity index (χ3v) is 5.87. The first-order chi connectivity index (χ1) is 8.89. The van der Waals surface area contributed by atoms with Gasteiger partial charge in [-0.3, -0.25) is 0 Å². The molecule has 1 aromatic carbocycles. The van der Waals surface area contributed by atoms with Crippen LogP contribution < -0.4 is 10.5 Å². The summed E-state index contributed by atoms with van der Waals surface area (Å²) in [6.45, 7) is 2.03. The van der Waals surface area contributed by atoms with E-state index < -0.39 is 9.84 Å². The summed E-state index contributed by atoms with van der Waals surface area (Å²) in [5.41, 5.74) is 8.08. The molecule has 0 aliphatic carbocycles. The molecule has 104 valence electrons. The van der Waals surface area contributed by atoms with Gasteiger partial charge in [0.25, 0.3) is 0 Å². The fourth-order valence-corrected chi connectivity index (χ4v) is 4.62. The molecule has 19 heavy (non-hydrogen) atoms. The van der Waals surface area contributed by atoms with Gasteiger partial charge in [-0.15, -0.1) is 0 Å². The van der Waals surface area contributed by atoms with Crippen LogP contribution >= 0.6 is 0 Å². The highest BCUT2D eigenvalue weighted by atomic mass is 32.2. The smallest absolute Gasteiger partial charge is 0.150 e. The lowest BCUT2D eigenvalue weighted by molar-refractivity contribution is 0.0264. The van der Waals surface area contributed by atoms with E-state index in [2.05, 4.69) is 6.07 Å². The Hall–Kier alpha value is -1.07. The first kappa shape index (κ1) is 12.9. The van der Waals surface area contributed by atoms with Crippen LogP contribution in [0, 0.1) is 6.92 Å². The number of benzene rings is 1. The fourth-order valence-electron chi connectivity index (χ4n) is 3.05. The molecule has 5 heteroatoms. The Balaban J connectivity index is 1.91. The average Bonchev–Trinajstić information content (AvgIpc) is 2.35. The monoisotopic (exact) mass is 281 g/mol. The molecular weight excluding hydrogens is 262 g/mol. The number of hydrogen-bond acceptors (Lipinski definition) is 4. The predicted octanol–water partition coefficient (Wildman–Crippen LogP) is 1.72. The van der Waals surface area contributed by atoms with Crippen LogP contribution in [0.15, 0.2) is 18.2 Å². The van der Waals surface area contributed by atoms with E-state index in [0.717, 1.165) is 11.3 Å². The summed E-state index contributed by atoms with van der Waals surface area (Å²) in [6.07, 6.45) is 1.81. The molecular formula is C14H19NO3S. The topological polar surface area (TPSA) is 69.4 Å². The van der Waals surface area contributed by atoms with E-state index in [0.29, 0.717) is 19.3 Å². The molecule has 0 unspecified atom stereocenters. The summed E-state index contributed by atoms with van der Waals surface area (Å²) in [7, 11) is -2.88. The fraction of sp³-hybridized carbons (Fsp3) is 0.571. The minimum atomic E-state index is -2.88. The summed E-state index contributed by atoms with van der Waals surface area (Å²) in [4.78, 5) is 0. The number of fused-ring (bicyclic) bond motifs is 1. The first-order valence-corrected chi connectivity index (χ1v) is 8.47. The van der Waals surface area contributed by atoms with Gasteiger partial charge in [-0.1, -0.05) is 17.7 Å². The van der Waals surface area contributed by atoms with Crippen LogP contribution in [0.25, 0.3) is 0 Å². The number of sulfone groups is 1. The Morgan fingerprint density at radius 1 is 1.32 bits per heavy atom. The summed E-state index contributed by atoms with van der Waals surface area (Å²) >= 11 is 0. The molecule has 0 radical (unpaired) electrons. The Morgan fingerprint density at radius 3 is 2.68 bits per heavy atom. The molecule has 1 aromatic rings. The van der Waals surface area contributed by atoms with Gasteiger partial charge in [0.2, 0.25) is 0 Å². The molecule has 2 aliphatic heterocycles. The lowest BCUT2D eigenvalue weighted by Gasteiger charge is -2.43. The summed E-state index contributed by atoms with van der Waals surface area (Å²) < 4.78 is 29.3. The lowest BCUT2D eigenvalue weighted by atomic mass is 9.83. The highest BCUT2D eigenvalue weighted by molar-refractivity contribution is 7.91. The maximum atomic E-state index is 11.6. The van der Waals surface area contributed by atoms with Crippen LogP contribution in [0.5, 0.6) is 5.75 Å². The number of nitrogens with two attached hydrogens (primary N) is 1. The van der Waals surface area contributed by atoms with Crippen molar-refractivity contribution in [3.05, 3.63) is 29.3 Å². The van der Waals surface area contributed by atoms with Crippen LogP contribution in [0.4, 0.5) is 0 Å². The SMILES string of the molecule is Cc1ccc2c(c1)[C@H](N)CC1(CCS(=O)(=O)CC1)O2. The largest absolute Gasteiger partial charge is 0.487 e. The number of hydrogen-bond donors (Lipinski definition) is 1. The molecule has 4 nitrogen and oxygen atoms in total. The summed E-state index contributed by atoms with van der Waals surface area (Å²) in [5.74, 6) is 1.24. The van der Waals surface area contributed by atoms with Crippen LogP contribution in [0.1, 0.15) is 36.4 Å². The first-order valence-electron chi connectivity index (χ1n) is 6.65. The molecule has 1 spiro atoms. The Labute approximate surface area is 113 Å².